The van der Waals surface area contributed by atoms with Crippen molar-refractivity contribution in [2.75, 3.05) is 38.7 Å². The molecule has 0 bridgehead atoms. The van der Waals surface area contributed by atoms with Crippen molar-refractivity contribution in [1.29, 1.82) is 0 Å². The first kappa shape index (κ1) is 15.7. The van der Waals surface area contributed by atoms with Crippen LogP contribution < -0.4 is 10.2 Å². The zero-order valence-corrected chi connectivity index (χ0v) is 13.1. The number of carbonyl (C=O) groups excluding carboxylic acids is 1. The second kappa shape index (κ2) is 7.36. The van der Waals surface area contributed by atoms with Crippen LogP contribution >= 0.6 is 0 Å². The van der Waals surface area contributed by atoms with Gasteiger partial charge in [0.15, 0.2) is 0 Å². The Morgan fingerprint density at radius 3 is 2.76 bits per heavy atom. The second-order valence-corrected chi connectivity index (χ2v) is 5.51. The lowest BCUT2D eigenvalue weighted by molar-refractivity contribution is 0.0586. The van der Waals surface area contributed by atoms with Crippen molar-refractivity contribution in [3.05, 3.63) is 17.6 Å². The molecular weight excluding hydrogens is 268 g/mol. The SMILES string of the molecule is CNCCC1CCN(c2cc(C)nc(C(=O)OC)n2)CC1. The topological polar surface area (TPSA) is 67.4 Å². The third kappa shape index (κ3) is 4.14. The average molecular weight is 292 g/mol. The van der Waals surface area contributed by atoms with E-state index < -0.39 is 5.97 Å². The minimum atomic E-state index is -0.483. The number of hydrogen-bond donors (Lipinski definition) is 1. The van der Waals surface area contributed by atoms with Crippen molar-refractivity contribution in [3.63, 3.8) is 0 Å². The molecule has 6 nitrogen and oxygen atoms in total. The monoisotopic (exact) mass is 292 g/mol. The summed E-state index contributed by atoms with van der Waals surface area (Å²) in [5, 5.41) is 3.21. The van der Waals surface area contributed by atoms with E-state index in [2.05, 4.69) is 20.2 Å². The van der Waals surface area contributed by atoms with Gasteiger partial charge in [0.1, 0.15) is 5.82 Å². The molecule has 0 spiro atoms. The Kier molecular flexibility index (Phi) is 5.50. The van der Waals surface area contributed by atoms with Crippen molar-refractivity contribution < 1.29 is 9.53 Å². The van der Waals surface area contributed by atoms with Crippen LogP contribution in [-0.2, 0) is 4.74 Å². The summed E-state index contributed by atoms with van der Waals surface area (Å²) in [6.07, 6.45) is 3.55. The smallest absolute Gasteiger partial charge is 0.376 e. The summed E-state index contributed by atoms with van der Waals surface area (Å²) in [6, 6.07) is 1.93. The zero-order valence-electron chi connectivity index (χ0n) is 13.1. The molecule has 0 radical (unpaired) electrons. The van der Waals surface area contributed by atoms with Crippen molar-refractivity contribution >= 4 is 11.8 Å². The molecule has 1 aliphatic rings. The molecule has 0 saturated carbocycles. The number of ether oxygens (including phenoxy) is 1. The number of nitrogens with one attached hydrogen (secondary N) is 1. The number of methoxy groups -OCH3 is 1. The highest BCUT2D eigenvalue weighted by molar-refractivity contribution is 5.85. The first-order valence-electron chi connectivity index (χ1n) is 7.47. The highest BCUT2D eigenvalue weighted by Gasteiger charge is 2.21. The predicted molar refractivity (Wildman–Crippen MR) is 81.6 cm³/mol. The van der Waals surface area contributed by atoms with Crippen LogP contribution in [0.5, 0.6) is 0 Å². The molecule has 0 unspecified atom stereocenters. The van der Waals surface area contributed by atoms with E-state index in [9.17, 15) is 4.79 Å². The Labute approximate surface area is 125 Å². The maximum Gasteiger partial charge on any atom is 0.376 e. The molecular formula is C15H24N4O2. The maximum atomic E-state index is 11.6. The molecule has 0 aliphatic carbocycles. The van der Waals surface area contributed by atoms with Gasteiger partial charge in [-0.15, -0.1) is 0 Å². The van der Waals surface area contributed by atoms with E-state index in [4.69, 9.17) is 4.74 Å². The number of rotatable bonds is 5. The molecule has 1 fully saturated rings. The summed E-state index contributed by atoms with van der Waals surface area (Å²) in [5.74, 6) is 1.26. The van der Waals surface area contributed by atoms with Crippen LogP contribution in [0.2, 0.25) is 0 Å². The molecule has 2 rings (SSSR count). The van der Waals surface area contributed by atoms with Crippen LogP contribution in [0.15, 0.2) is 6.07 Å². The molecule has 116 valence electrons. The number of piperidine rings is 1. The number of aryl methyl sites for hydroxylation is 1. The summed E-state index contributed by atoms with van der Waals surface area (Å²) in [6.45, 7) is 4.90. The number of hydrogen-bond acceptors (Lipinski definition) is 6. The van der Waals surface area contributed by atoms with E-state index in [1.54, 1.807) is 0 Å². The quantitative estimate of drug-likeness (QED) is 0.827. The molecule has 0 aromatic carbocycles. The summed E-state index contributed by atoms with van der Waals surface area (Å²) < 4.78 is 4.71. The number of aromatic nitrogens is 2. The van der Waals surface area contributed by atoms with Gasteiger partial charge in [0.2, 0.25) is 5.82 Å². The van der Waals surface area contributed by atoms with Crippen molar-refractivity contribution in [2.45, 2.75) is 26.2 Å². The predicted octanol–water partition coefficient (Wildman–Crippen LogP) is 1.40. The molecule has 0 amide bonds. The molecule has 21 heavy (non-hydrogen) atoms. The summed E-state index contributed by atoms with van der Waals surface area (Å²) >= 11 is 0. The number of nitrogens with zero attached hydrogens (tertiary/aromatic N) is 3. The molecule has 1 N–H and O–H groups in total. The normalized spacial score (nSPS) is 16.0. The summed E-state index contributed by atoms with van der Waals surface area (Å²) in [4.78, 5) is 22.3. The van der Waals surface area contributed by atoms with Gasteiger partial charge in [0.25, 0.3) is 0 Å². The number of anilines is 1. The van der Waals surface area contributed by atoms with E-state index >= 15 is 0 Å². The lowest BCUT2D eigenvalue weighted by Gasteiger charge is -2.33. The van der Waals surface area contributed by atoms with E-state index in [0.29, 0.717) is 0 Å². The van der Waals surface area contributed by atoms with Crippen molar-refractivity contribution in [1.82, 2.24) is 15.3 Å². The van der Waals surface area contributed by atoms with Gasteiger partial charge >= 0.3 is 5.97 Å². The Bertz CT molecular complexity index is 485. The van der Waals surface area contributed by atoms with Crippen LogP contribution in [0, 0.1) is 12.8 Å². The first-order chi connectivity index (χ1) is 10.1. The minimum absolute atomic E-state index is 0.143. The number of carbonyl (C=O) groups is 1. The van der Waals surface area contributed by atoms with Gasteiger partial charge in [-0.2, -0.15) is 0 Å². The Balaban J connectivity index is 2.03. The zero-order chi connectivity index (χ0) is 15.2. The lowest BCUT2D eigenvalue weighted by Crippen LogP contribution is -2.35. The van der Waals surface area contributed by atoms with E-state index in [1.165, 1.54) is 13.5 Å². The summed E-state index contributed by atoms with van der Waals surface area (Å²) in [7, 11) is 3.34. The molecule has 2 heterocycles. The van der Waals surface area contributed by atoms with Crippen LogP contribution in [0.4, 0.5) is 5.82 Å². The van der Waals surface area contributed by atoms with Gasteiger partial charge in [0.05, 0.1) is 7.11 Å². The lowest BCUT2D eigenvalue weighted by atomic mass is 9.93. The fourth-order valence-corrected chi connectivity index (χ4v) is 2.70. The molecule has 0 atom stereocenters. The third-order valence-corrected chi connectivity index (χ3v) is 3.95. The summed E-state index contributed by atoms with van der Waals surface area (Å²) in [5.41, 5.74) is 0.790. The average Bonchev–Trinajstić information content (AvgIpc) is 2.52. The van der Waals surface area contributed by atoms with Crippen molar-refractivity contribution in [3.8, 4) is 0 Å². The molecule has 1 aromatic heterocycles. The molecule has 6 heteroatoms. The Morgan fingerprint density at radius 1 is 1.43 bits per heavy atom. The van der Waals surface area contributed by atoms with Crippen LogP contribution in [0.25, 0.3) is 0 Å². The van der Waals surface area contributed by atoms with Gasteiger partial charge in [0, 0.05) is 24.8 Å². The maximum absolute atomic E-state index is 11.6. The molecule has 1 aromatic rings. The van der Waals surface area contributed by atoms with Gasteiger partial charge in [-0.25, -0.2) is 14.8 Å². The van der Waals surface area contributed by atoms with E-state index in [0.717, 1.165) is 49.9 Å². The fraction of sp³-hybridized carbons (Fsp3) is 0.667. The van der Waals surface area contributed by atoms with Gasteiger partial charge in [-0.1, -0.05) is 0 Å². The van der Waals surface area contributed by atoms with Crippen molar-refractivity contribution in [2.24, 2.45) is 5.92 Å². The first-order valence-corrected chi connectivity index (χ1v) is 7.47. The van der Waals surface area contributed by atoms with E-state index in [1.807, 2.05) is 20.0 Å². The largest absolute Gasteiger partial charge is 0.463 e. The Hall–Kier alpha value is -1.69. The van der Waals surface area contributed by atoms with Crippen LogP contribution in [0.3, 0.4) is 0 Å². The minimum Gasteiger partial charge on any atom is -0.463 e. The fourth-order valence-electron chi connectivity index (χ4n) is 2.70. The van der Waals surface area contributed by atoms with E-state index in [-0.39, 0.29) is 5.82 Å². The van der Waals surface area contributed by atoms with Gasteiger partial charge in [-0.05, 0) is 45.7 Å². The highest BCUT2D eigenvalue weighted by atomic mass is 16.5. The second-order valence-electron chi connectivity index (χ2n) is 5.51. The number of esters is 1. The highest BCUT2D eigenvalue weighted by Crippen LogP contribution is 2.24. The van der Waals surface area contributed by atoms with Gasteiger partial charge < -0.3 is 15.0 Å². The van der Waals surface area contributed by atoms with Gasteiger partial charge in [-0.3, -0.25) is 0 Å². The third-order valence-electron chi connectivity index (χ3n) is 3.95. The van der Waals surface area contributed by atoms with Crippen LogP contribution in [0.1, 0.15) is 35.6 Å². The standard InChI is InChI=1S/C15H24N4O2/c1-11-10-13(18-14(17-11)15(20)21-3)19-8-5-12(6-9-19)4-7-16-2/h10,12,16H,4-9H2,1-3H3. The molecule has 1 aliphatic heterocycles. The molecule has 1 saturated heterocycles. The Morgan fingerprint density at radius 2 is 2.14 bits per heavy atom. The van der Waals surface area contributed by atoms with Crippen LogP contribution in [-0.4, -0.2) is 49.7 Å².